The summed E-state index contributed by atoms with van der Waals surface area (Å²) >= 11 is 0. The van der Waals surface area contributed by atoms with Crippen molar-refractivity contribution in [3.05, 3.63) is 81.0 Å². The fourth-order valence-corrected chi connectivity index (χ4v) is 5.01. The Morgan fingerprint density at radius 1 is 0.838 bits per heavy atom. The van der Waals surface area contributed by atoms with E-state index in [0.717, 1.165) is 38.5 Å². The third-order valence-corrected chi connectivity index (χ3v) is 7.00. The van der Waals surface area contributed by atoms with E-state index in [2.05, 4.69) is 22.8 Å². The number of carbonyl (C=O) groups is 2. The highest BCUT2D eigenvalue weighted by Gasteiger charge is 2.17. The van der Waals surface area contributed by atoms with E-state index in [-0.39, 0.29) is 36.5 Å². The molecule has 1 fully saturated rings. The highest BCUT2D eigenvalue weighted by molar-refractivity contribution is 5.81. The van der Waals surface area contributed by atoms with Crippen molar-refractivity contribution in [3.63, 3.8) is 0 Å². The first-order valence-corrected chi connectivity index (χ1v) is 13.4. The third kappa shape index (κ3) is 7.18. The van der Waals surface area contributed by atoms with Crippen LogP contribution in [0.2, 0.25) is 0 Å². The predicted molar refractivity (Wildman–Crippen MR) is 144 cm³/mol. The molecule has 1 saturated carbocycles. The van der Waals surface area contributed by atoms with Gasteiger partial charge in [-0.05, 0) is 56.2 Å². The minimum absolute atomic E-state index is 0.0269. The molecule has 2 N–H and O–H groups in total. The summed E-state index contributed by atoms with van der Waals surface area (Å²) in [6.07, 6.45) is 7.53. The van der Waals surface area contributed by atoms with E-state index in [0.29, 0.717) is 36.7 Å². The number of benzene rings is 2. The monoisotopic (exact) mass is 504 g/mol. The maximum Gasteiger partial charge on any atom is 0.331 e. The molecule has 3 aromatic rings. The van der Waals surface area contributed by atoms with Crippen molar-refractivity contribution in [2.75, 3.05) is 6.54 Å². The van der Waals surface area contributed by atoms with Crippen molar-refractivity contribution in [2.45, 2.75) is 76.9 Å². The second-order valence-electron chi connectivity index (χ2n) is 9.79. The Bertz CT molecular complexity index is 1320. The van der Waals surface area contributed by atoms with Crippen LogP contribution in [0.25, 0.3) is 10.9 Å². The van der Waals surface area contributed by atoms with Crippen LogP contribution >= 0.6 is 0 Å². The van der Waals surface area contributed by atoms with Gasteiger partial charge in [-0.3, -0.25) is 23.5 Å². The molecule has 1 aliphatic carbocycles. The number of carbonyl (C=O) groups excluding carboxylic acids is 2. The first kappa shape index (κ1) is 26.4. The summed E-state index contributed by atoms with van der Waals surface area (Å²) < 4.78 is 2.57. The first-order valence-electron chi connectivity index (χ1n) is 13.4. The predicted octanol–water partition coefficient (Wildman–Crippen LogP) is 3.14. The quantitative estimate of drug-likeness (QED) is 0.370. The maximum absolute atomic E-state index is 13.3. The van der Waals surface area contributed by atoms with Crippen LogP contribution < -0.4 is 21.9 Å². The lowest BCUT2D eigenvalue weighted by Crippen LogP contribution is -2.42. The SMILES string of the molecule is O=C(Cn1c(=O)n(CCCCC(=O)NC2CCCC2)c(=O)c2ccccc21)NCCCc1ccccc1. The summed E-state index contributed by atoms with van der Waals surface area (Å²) in [6.45, 7) is 0.551. The highest BCUT2D eigenvalue weighted by Crippen LogP contribution is 2.17. The summed E-state index contributed by atoms with van der Waals surface area (Å²) in [7, 11) is 0. The molecule has 1 aromatic heterocycles. The van der Waals surface area contributed by atoms with Crippen molar-refractivity contribution in [2.24, 2.45) is 0 Å². The third-order valence-electron chi connectivity index (χ3n) is 7.00. The van der Waals surface area contributed by atoms with Crippen LogP contribution in [0, 0.1) is 0 Å². The second kappa shape index (κ2) is 13.0. The Hall–Kier alpha value is -3.68. The molecule has 1 aliphatic rings. The fraction of sp³-hybridized carbons (Fsp3) is 0.448. The number of rotatable bonds is 12. The van der Waals surface area contributed by atoms with Gasteiger partial charge in [0.1, 0.15) is 6.54 Å². The Morgan fingerprint density at radius 3 is 2.35 bits per heavy atom. The van der Waals surface area contributed by atoms with Gasteiger partial charge in [-0.25, -0.2) is 4.79 Å². The molecule has 8 nitrogen and oxygen atoms in total. The maximum atomic E-state index is 13.3. The number of nitrogens with one attached hydrogen (secondary N) is 2. The second-order valence-corrected chi connectivity index (χ2v) is 9.79. The molecular formula is C29H36N4O4. The zero-order valence-electron chi connectivity index (χ0n) is 21.3. The number of amides is 2. The Kier molecular flexibility index (Phi) is 9.29. The summed E-state index contributed by atoms with van der Waals surface area (Å²) in [6, 6.07) is 17.2. The van der Waals surface area contributed by atoms with Gasteiger partial charge >= 0.3 is 5.69 Å². The summed E-state index contributed by atoms with van der Waals surface area (Å²) in [5.74, 6) is -0.242. The first-order chi connectivity index (χ1) is 18.0. The average molecular weight is 505 g/mol. The number of hydrogen-bond acceptors (Lipinski definition) is 4. The van der Waals surface area contributed by atoms with Crippen LogP contribution in [-0.4, -0.2) is 33.5 Å². The lowest BCUT2D eigenvalue weighted by molar-refractivity contribution is -0.122. The summed E-state index contributed by atoms with van der Waals surface area (Å²) in [5.41, 5.74) is 0.792. The minimum atomic E-state index is -0.501. The van der Waals surface area contributed by atoms with Crippen LogP contribution in [0.15, 0.2) is 64.2 Å². The molecule has 0 spiro atoms. The molecular weight excluding hydrogens is 468 g/mol. The number of aromatic nitrogens is 2. The summed E-state index contributed by atoms with van der Waals surface area (Å²) in [5, 5.41) is 6.36. The molecule has 196 valence electrons. The normalized spacial score (nSPS) is 13.6. The summed E-state index contributed by atoms with van der Waals surface area (Å²) in [4.78, 5) is 51.2. The van der Waals surface area contributed by atoms with Crippen molar-refractivity contribution in [1.82, 2.24) is 19.8 Å². The van der Waals surface area contributed by atoms with Crippen LogP contribution in [-0.2, 0) is 29.1 Å². The van der Waals surface area contributed by atoms with E-state index in [1.165, 1.54) is 14.7 Å². The Labute approximate surface area is 216 Å². The lowest BCUT2D eigenvalue weighted by Gasteiger charge is -2.14. The van der Waals surface area contributed by atoms with Crippen LogP contribution in [0.3, 0.4) is 0 Å². The number of nitrogens with zero attached hydrogens (tertiary/aromatic N) is 2. The van der Waals surface area contributed by atoms with Crippen molar-refractivity contribution in [3.8, 4) is 0 Å². The van der Waals surface area contributed by atoms with Crippen molar-refractivity contribution in [1.29, 1.82) is 0 Å². The lowest BCUT2D eigenvalue weighted by atomic mass is 10.1. The number of aryl methyl sites for hydroxylation is 1. The zero-order chi connectivity index (χ0) is 26.0. The van der Waals surface area contributed by atoms with E-state index in [1.54, 1.807) is 24.3 Å². The van der Waals surface area contributed by atoms with Gasteiger partial charge in [-0.15, -0.1) is 0 Å². The van der Waals surface area contributed by atoms with Gasteiger partial charge in [0, 0.05) is 25.6 Å². The smallest absolute Gasteiger partial charge is 0.331 e. The zero-order valence-corrected chi connectivity index (χ0v) is 21.3. The molecule has 2 aromatic carbocycles. The van der Waals surface area contributed by atoms with Crippen molar-refractivity contribution >= 4 is 22.7 Å². The molecule has 0 saturated heterocycles. The molecule has 37 heavy (non-hydrogen) atoms. The largest absolute Gasteiger partial charge is 0.355 e. The van der Waals surface area contributed by atoms with Crippen LogP contribution in [0.4, 0.5) is 0 Å². The van der Waals surface area contributed by atoms with Gasteiger partial charge in [0.15, 0.2) is 0 Å². The van der Waals surface area contributed by atoms with Gasteiger partial charge in [-0.2, -0.15) is 0 Å². The number of unbranched alkanes of at least 4 members (excludes halogenated alkanes) is 1. The van der Waals surface area contributed by atoms with Crippen molar-refractivity contribution < 1.29 is 9.59 Å². The minimum Gasteiger partial charge on any atom is -0.355 e. The van der Waals surface area contributed by atoms with Gasteiger partial charge in [0.05, 0.1) is 10.9 Å². The molecule has 0 bridgehead atoms. The molecule has 0 unspecified atom stereocenters. The van der Waals surface area contributed by atoms with E-state index in [9.17, 15) is 19.2 Å². The van der Waals surface area contributed by atoms with E-state index in [4.69, 9.17) is 0 Å². The van der Waals surface area contributed by atoms with Crippen LogP contribution in [0.1, 0.15) is 56.9 Å². The molecule has 4 rings (SSSR count). The Balaban J connectivity index is 1.37. The molecule has 2 amide bonds. The van der Waals surface area contributed by atoms with Gasteiger partial charge in [0.25, 0.3) is 5.56 Å². The van der Waals surface area contributed by atoms with Gasteiger partial charge < -0.3 is 10.6 Å². The standard InChI is InChI=1S/C29H36N4O4/c34-26(31-23-14-4-5-15-23)18-8-9-20-32-28(36)24-16-6-7-17-25(24)33(29(32)37)21-27(35)30-19-10-13-22-11-2-1-3-12-22/h1-3,6-7,11-12,16-17,23H,4-5,8-10,13-15,18-21H2,(H,30,35)(H,31,34). The molecule has 0 radical (unpaired) electrons. The molecule has 0 aliphatic heterocycles. The van der Waals surface area contributed by atoms with Gasteiger partial charge in [0.2, 0.25) is 11.8 Å². The fourth-order valence-electron chi connectivity index (χ4n) is 5.01. The molecule has 8 heteroatoms. The Morgan fingerprint density at radius 2 is 1.57 bits per heavy atom. The highest BCUT2D eigenvalue weighted by atomic mass is 16.2. The molecule has 1 heterocycles. The topological polar surface area (TPSA) is 102 Å². The van der Waals surface area contributed by atoms with E-state index in [1.807, 2.05) is 18.2 Å². The number of fused-ring (bicyclic) bond motifs is 1. The van der Waals surface area contributed by atoms with E-state index >= 15 is 0 Å². The van der Waals surface area contributed by atoms with Crippen LogP contribution in [0.5, 0.6) is 0 Å². The number of para-hydroxylation sites is 1. The van der Waals surface area contributed by atoms with Gasteiger partial charge in [-0.1, -0.05) is 55.3 Å². The van der Waals surface area contributed by atoms with E-state index < -0.39 is 5.69 Å². The number of hydrogen-bond donors (Lipinski definition) is 2. The average Bonchev–Trinajstić information content (AvgIpc) is 3.42. The molecule has 0 atom stereocenters.